The number of anilines is 1. The summed E-state index contributed by atoms with van der Waals surface area (Å²) in [5.41, 5.74) is 7.44. The molecule has 0 aliphatic rings. The molecule has 0 aliphatic carbocycles. The normalized spacial score (nSPS) is 10.2. The zero-order chi connectivity index (χ0) is 12.3. The number of thiocarbonyl (C=S) groups is 1. The van der Waals surface area contributed by atoms with E-state index in [9.17, 15) is 0 Å². The molecule has 88 valence electrons. The Bertz CT molecular complexity index is 524. The van der Waals surface area contributed by atoms with Crippen molar-refractivity contribution in [1.82, 2.24) is 10.1 Å². The quantitative estimate of drug-likeness (QED) is 0.801. The molecular formula is C11H12N4OS. The molecule has 0 saturated carbocycles. The second kappa shape index (κ2) is 4.92. The zero-order valence-corrected chi connectivity index (χ0v) is 10.1. The summed E-state index contributed by atoms with van der Waals surface area (Å²) in [6.45, 7) is 2.43. The van der Waals surface area contributed by atoms with Crippen molar-refractivity contribution in [2.75, 3.05) is 5.32 Å². The third kappa shape index (κ3) is 2.59. The Kier molecular flexibility index (Phi) is 3.34. The Morgan fingerprint density at radius 3 is 2.94 bits per heavy atom. The topological polar surface area (TPSA) is 77.0 Å². The molecule has 6 heteroatoms. The van der Waals surface area contributed by atoms with Crippen LogP contribution < -0.4 is 11.1 Å². The largest absolute Gasteiger partial charge is 0.389 e. The number of pyridine rings is 1. The highest BCUT2D eigenvalue weighted by molar-refractivity contribution is 7.80. The van der Waals surface area contributed by atoms with E-state index in [-0.39, 0.29) is 0 Å². The van der Waals surface area contributed by atoms with E-state index in [1.165, 1.54) is 0 Å². The highest BCUT2D eigenvalue weighted by Crippen LogP contribution is 2.17. The van der Waals surface area contributed by atoms with Gasteiger partial charge in [-0.3, -0.25) is 0 Å². The summed E-state index contributed by atoms with van der Waals surface area (Å²) in [4.78, 5) is 4.55. The minimum Gasteiger partial charge on any atom is -0.389 e. The lowest BCUT2D eigenvalue weighted by Crippen LogP contribution is -2.16. The van der Waals surface area contributed by atoms with Crippen LogP contribution in [-0.4, -0.2) is 15.1 Å². The lowest BCUT2D eigenvalue weighted by atomic mass is 10.1. The average Bonchev–Trinajstić information content (AvgIpc) is 2.78. The van der Waals surface area contributed by atoms with Crippen molar-refractivity contribution < 1.29 is 4.52 Å². The fraction of sp³-hybridized carbons (Fsp3) is 0.182. The predicted molar refractivity (Wildman–Crippen MR) is 68.7 cm³/mol. The molecule has 5 nitrogen and oxygen atoms in total. The standard InChI is InChI=1S/C11H12N4OS/c1-7-2-4-13-11(9(7)10(12)17)14-6-8-3-5-15-16-8/h2-5H,6H2,1H3,(H2,12,17)(H,13,14). The van der Waals surface area contributed by atoms with Crippen LogP contribution in [0.4, 0.5) is 5.82 Å². The van der Waals surface area contributed by atoms with Gasteiger partial charge in [0.2, 0.25) is 0 Å². The molecule has 2 aromatic heterocycles. The van der Waals surface area contributed by atoms with E-state index in [1.54, 1.807) is 18.5 Å². The first-order valence-corrected chi connectivity index (χ1v) is 5.48. The number of aromatic nitrogens is 2. The van der Waals surface area contributed by atoms with E-state index in [0.29, 0.717) is 17.4 Å². The van der Waals surface area contributed by atoms with Crippen LogP contribution in [0.25, 0.3) is 0 Å². The van der Waals surface area contributed by atoms with Crippen LogP contribution >= 0.6 is 12.2 Å². The lowest BCUT2D eigenvalue weighted by molar-refractivity contribution is 0.388. The number of rotatable bonds is 4. The molecule has 0 radical (unpaired) electrons. The third-order valence-electron chi connectivity index (χ3n) is 2.33. The summed E-state index contributed by atoms with van der Waals surface area (Å²) in [6.07, 6.45) is 3.30. The Morgan fingerprint density at radius 1 is 1.47 bits per heavy atom. The SMILES string of the molecule is Cc1ccnc(NCc2ccno2)c1C(N)=S. The third-order valence-corrected chi connectivity index (χ3v) is 2.53. The average molecular weight is 248 g/mol. The van der Waals surface area contributed by atoms with Gasteiger partial charge in [-0.05, 0) is 18.6 Å². The van der Waals surface area contributed by atoms with Gasteiger partial charge < -0.3 is 15.6 Å². The van der Waals surface area contributed by atoms with Crippen molar-refractivity contribution in [2.24, 2.45) is 5.73 Å². The molecule has 3 N–H and O–H groups in total. The highest BCUT2D eigenvalue weighted by atomic mass is 32.1. The summed E-state index contributed by atoms with van der Waals surface area (Å²) in [5, 5.41) is 6.75. The Balaban J connectivity index is 2.21. The number of nitrogens with one attached hydrogen (secondary N) is 1. The van der Waals surface area contributed by atoms with Crippen molar-refractivity contribution in [1.29, 1.82) is 0 Å². The minimum atomic E-state index is 0.329. The molecule has 17 heavy (non-hydrogen) atoms. The summed E-state index contributed by atoms with van der Waals surface area (Å²) < 4.78 is 4.98. The van der Waals surface area contributed by atoms with E-state index < -0.39 is 0 Å². The van der Waals surface area contributed by atoms with Gasteiger partial charge in [-0.15, -0.1) is 0 Å². The van der Waals surface area contributed by atoms with Gasteiger partial charge in [0, 0.05) is 12.3 Å². The van der Waals surface area contributed by atoms with E-state index in [1.807, 2.05) is 13.0 Å². The number of nitrogens with zero attached hydrogens (tertiary/aromatic N) is 2. The maximum Gasteiger partial charge on any atom is 0.155 e. The minimum absolute atomic E-state index is 0.329. The summed E-state index contributed by atoms with van der Waals surface area (Å²) in [7, 11) is 0. The van der Waals surface area contributed by atoms with Crippen molar-refractivity contribution in [3.8, 4) is 0 Å². The molecule has 0 atom stereocenters. The van der Waals surface area contributed by atoms with Crippen LogP contribution in [0.15, 0.2) is 29.0 Å². The summed E-state index contributed by atoms with van der Waals surface area (Å²) in [6, 6.07) is 3.65. The van der Waals surface area contributed by atoms with Crippen LogP contribution in [0.5, 0.6) is 0 Å². The van der Waals surface area contributed by atoms with Crippen LogP contribution in [0.3, 0.4) is 0 Å². The van der Waals surface area contributed by atoms with Crippen molar-refractivity contribution in [2.45, 2.75) is 13.5 Å². The monoisotopic (exact) mass is 248 g/mol. The number of nitrogens with two attached hydrogens (primary N) is 1. The molecule has 0 unspecified atom stereocenters. The maximum absolute atomic E-state index is 5.68. The molecule has 0 amide bonds. The number of hydrogen-bond donors (Lipinski definition) is 2. The maximum atomic E-state index is 5.68. The second-order valence-corrected chi connectivity index (χ2v) is 3.99. The van der Waals surface area contributed by atoms with Crippen molar-refractivity contribution in [3.63, 3.8) is 0 Å². The smallest absolute Gasteiger partial charge is 0.155 e. The van der Waals surface area contributed by atoms with Crippen molar-refractivity contribution in [3.05, 3.63) is 41.4 Å². The van der Waals surface area contributed by atoms with Gasteiger partial charge >= 0.3 is 0 Å². The van der Waals surface area contributed by atoms with Gasteiger partial charge in [-0.2, -0.15) is 0 Å². The molecule has 2 aromatic rings. The van der Waals surface area contributed by atoms with Gasteiger partial charge in [-0.25, -0.2) is 4.98 Å². The summed E-state index contributed by atoms with van der Waals surface area (Å²) >= 11 is 5.01. The molecule has 0 aromatic carbocycles. The Labute approximate surface area is 104 Å². The summed E-state index contributed by atoms with van der Waals surface area (Å²) in [5.74, 6) is 1.39. The zero-order valence-electron chi connectivity index (χ0n) is 9.30. The van der Waals surface area contributed by atoms with Gasteiger partial charge in [0.15, 0.2) is 5.76 Å². The molecule has 0 bridgehead atoms. The van der Waals surface area contributed by atoms with E-state index >= 15 is 0 Å². The fourth-order valence-electron chi connectivity index (χ4n) is 1.51. The van der Waals surface area contributed by atoms with Gasteiger partial charge in [0.05, 0.1) is 18.3 Å². The molecule has 0 saturated heterocycles. The first-order chi connectivity index (χ1) is 8.18. The number of aryl methyl sites for hydroxylation is 1. The van der Waals surface area contributed by atoms with Gasteiger partial charge in [0.25, 0.3) is 0 Å². The Morgan fingerprint density at radius 2 is 2.29 bits per heavy atom. The molecular weight excluding hydrogens is 236 g/mol. The molecule has 0 fully saturated rings. The van der Waals surface area contributed by atoms with Crippen LogP contribution in [0.1, 0.15) is 16.9 Å². The first-order valence-electron chi connectivity index (χ1n) is 5.07. The van der Waals surface area contributed by atoms with Crippen molar-refractivity contribution >= 4 is 23.0 Å². The van der Waals surface area contributed by atoms with Crippen LogP contribution in [0.2, 0.25) is 0 Å². The second-order valence-electron chi connectivity index (χ2n) is 3.55. The molecule has 2 heterocycles. The fourth-order valence-corrected chi connectivity index (χ4v) is 1.77. The van der Waals surface area contributed by atoms with E-state index in [0.717, 1.165) is 16.9 Å². The van der Waals surface area contributed by atoms with E-state index in [2.05, 4.69) is 15.5 Å². The predicted octanol–water partition coefficient (Wildman–Crippen LogP) is 1.62. The van der Waals surface area contributed by atoms with E-state index in [4.69, 9.17) is 22.5 Å². The Hall–Kier alpha value is -1.95. The molecule has 0 aliphatic heterocycles. The number of hydrogen-bond acceptors (Lipinski definition) is 5. The highest BCUT2D eigenvalue weighted by Gasteiger charge is 2.09. The lowest BCUT2D eigenvalue weighted by Gasteiger charge is -2.10. The van der Waals surface area contributed by atoms with Gasteiger partial charge in [-0.1, -0.05) is 17.4 Å². The first kappa shape index (κ1) is 11.5. The van der Waals surface area contributed by atoms with Gasteiger partial charge in [0.1, 0.15) is 10.8 Å². The molecule has 2 rings (SSSR count). The van der Waals surface area contributed by atoms with Crippen LogP contribution in [-0.2, 0) is 6.54 Å². The molecule has 0 spiro atoms. The van der Waals surface area contributed by atoms with Crippen LogP contribution in [0, 0.1) is 6.92 Å².